The third kappa shape index (κ3) is 3.49. The van der Waals surface area contributed by atoms with Gasteiger partial charge in [-0.15, -0.1) is 0 Å². The zero-order valence-electron chi connectivity index (χ0n) is 17.0. The predicted molar refractivity (Wildman–Crippen MR) is 104 cm³/mol. The number of hydrogen-bond donors (Lipinski definition) is 0. The topological polar surface area (TPSA) is 51.2 Å². The number of aryl methyl sites for hydroxylation is 2. The van der Waals surface area contributed by atoms with E-state index in [1.165, 1.54) is 0 Å². The molecule has 1 saturated heterocycles. The third-order valence-electron chi connectivity index (χ3n) is 5.77. The fourth-order valence-corrected chi connectivity index (χ4v) is 4.08. The van der Waals surface area contributed by atoms with Crippen LogP contribution in [0.3, 0.4) is 0 Å². The molecule has 2 aliphatic heterocycles. The van der Waals surface area contributed by atoms with Crippen molar-refractivity contribution < 1.29 is 19.1 Å². The first-order chi connectivity index (χ1) is 12.9. The van der Waals surface area contributed by atoms with E-state index in [1.54, 1.807) is 7.11 Å². The van der Waals surface area contributed by atoms with Gasteiger partial charge in [-0.2, -0.15) is 5.06 Å². The third-order valence-corrected chi connectivity index (χ3v) is 5.77. The van der Waals surface area contributed by atoms with Crippen molar-refractivity contribution in [3.05, 3.63) is 40.6 Å². The van der Waals surface area contributed by atoms with E-state index in [0.717, 1.165) is 48.4 Å². The van der Waals surface area contributed by atoms with Gasteiger partial charge in [-0.25, -0.2) is 0 Å². The van der Waals surface area contributed by atoms with Gasteiger partial charge in [0.05, 0.1) is 12.7 Å². The monoisotopic (exact) mass is 374 g/mol. The van der Waals surface area contributed by atoms with E-state index in [2.05, 4.69) is 18.2 Å². The normalized spacial score (nSPS) is 20.0. The van der Waals surface area contributed by atoms with E-state index >= 15 is 0 Å². The summed E-state index contributed by atoms with van der Waals surface area (Å²) in [5.41, 5.74) is 3.36. The largest absolute Gasteiger partial charge is 0.469 e. The molecule has 1 aromatic carbocycles. The maximum Gasteiger partial charge on any atom is 0.258 e. The molecule has 0 N–H and O–H groups in total. The van der Waals surface area contributed by atoms with Gasteiger partial charge < -0.3 is 19.2 Å². The fourth-order valence-electron chi connectivity index (χ4n) is 4.08. The molecule has 27 heavy (non-hydrogen) atoms. The number of hydroxylamine groups is 2. The van der Waals surface area contributed by atoms with Crippen LogP contribution in [0.2, 0.25) is 0 Å². The summed E-state index contributed by atoms with van der Waals surface area (Å²) in [5.74, 6) is 0.758. The van der Waals surface area contributed by atoms with Gasteiger partial charge in [0.1, 0.15) is 11.3 Å². The Labute approximate surface area is 161 Å². The molecule has 2 aliphatic rings. The molecule has 0 aromatic heterocycles. The highest BCUT2D eigenvalue weighted by Gasteiger charge is 2.53. The molecule has 3 rings (SSSR count). The second-order valence-corrected chi connectivity index (χ2v) is 7.28. The Kier molecular flexibility index (Phi) is 5.89. The average molecular weight is 374 g/mol. The zero-order chi connectivity index (χ0) is 19.6. The quantitative estimate of drug-likeness (QED) is 0.566. The van der Waals surface area contributed by atoms with Crippen LogP contribution < -0.4 is 0 Å². The minimum absolute atomic E-state index is 0.0149. The number of amides is 1. The summed E-state index contributed by atoms with van der Waals surface area (Å²) in [5, 5.41) is 1.93. The van der Waals surface area contributed by atoms with Crippen LogP contribution in [0.1, 0.15) is 36.5 Å². The number of rotatable bonds is 6. The average Bonchev–Trinajstić information content (AvgIpc) is 2.87. The zero-order valence-corrected chi connectivity index (χ0v) is 17.0. The van der Waals surface area contributed by atoms with E-state index in [4.69, 9.17) is 14.3 Å². The van der Waals surface area contributed by atoms with Crippen LogP contribution in [0.4, 0.5) is 0 Å². The van der Waals surface area contributed by atoms with E-state index in [1.807, 2.05) is 37.8 Å². The predicted octanol–water partition coefficient (Wildman–Crippen LogP) is 2.89. The SMILES string of the molecule is CCOCOC1=C(c2cc(C)ccc2C)C(=O)N(C)C12CCN(OC)CC2. The molecule has 6 nitrogen and oxygen atoms in total. The van der Waals surface area contributed by atoms with Crippen LogP contribution in [0.5, 0.6) is 0 Å². The van der Waals surface area contributed by atoms with Gasteiger partial charge in [-0.05, 0) is 44.7 Å². The van der Waals surface area contributed by atoms with E-state index in [0.29, 0.717) is 12.2 Å². The number of benzene rings is 1. The summed E-state index contributed by atoms with van der Waals surface area (Å²) in [6, 6.07) is 6.20. The van der Waals surface area contributed by atoms with Gasteiger partial charge in [0.25, 0.3) is 5.91 Å². The highest BCUT2D eigenvalue weighted by Crippen LogP contribution is 2.46. The van der Waals surface area contributed by atoms with Crippen LogP contribution in [0, 0.1) is 13.8 Å². The van der Waals surface area contributed by atoms with E-state index in [9.17, 15) is 4.79 Å². The summed E-state index contributed by atoms with van der Waals surface area (Å²) >= 11 is 0. The molecule has 1 fully saturated rings. The highest BCUT2D eigenvalue weighted by molar-refractivity contribution is 6.23. The summed E-state index contributed by atoms with van der Waals surface area (Å²) in [4.78, 5) is 20.6. The van der Waals surface area contributed by atoms with Gasteiger partial charge in [-0.1, -0.05) is 23.8 Å². The Bertz CT molecular complexity index is 736. The lowest BCUT2D eigenvalue weighted by Crippen LogP contribution is -2.53. The van der Waals surface area contributed by atoms with Crippen molar-refractivity contribution in [2.24, 2.45) is 0 Å². The maximum absolute atomic E-state index is 13.3. The number of piperidine rings is 1. The van der Waals surface area contributed by atoms with Crippen LogP contribution in [-0.2, 0) is 19.1 Å². The molecular weight excluding hydrogens is 344 g/mol. The lowest BCUT2D eigenvalue weighted by molar-refractivity contribution is -0.165. The molecule has 0 atom stereocenters. The number of carbonyl (C=O) groups excluding carboxylic acids is 1. The first kappa shape index (κ1) is 19.9. The minimum atomic E-state index is -0.450. The second kappa shape index (κ2) is 8.00. The fraction of sp³-hybridized carbons (Fsp3) is 0.571. The molecule has 2 heterocycles. The molecular formula is C21H30N2O4. The first-order valence-corrected chi connectivity index (χ1v) is 9.54. The van der Waals surface area contributed by atoms with Crippen molar-refractivity contribution in [1.82, 2.24) is 9.96 Å². The molecule has 0 saturated carbocycles. The molecule has 0 unspecified atom stereocenters. The number of nitrogens with zero attached hydrogens (tertiary/aromatic N) is 2. The number of hydrogen-bond acceptors (Lipinski definition) is 5. The standard InChI is InChI=1S/C21H30N2O4/c1-6-26-14-27-19-18(17-13-15(2)7-8-16(17)3)20(24)22(4)21(19)9-11-23(25-5)12-10-21/h7-8,13H,6,9-12,14H2,1-5H3. The molecule has 0 radical (unpaired) electrons. The van der Waals surface area contributed by atoms with Crippen molar-refractivity contribution in [2.75, 3.05) is 40.6 Å². The van der Waals surface area contributed by atoms with Gasteiger partial charge in [0.2, 0.25) is 0 Å². The van der Waals surface area contributed by atoms with Crippen molar-refractivity contribution in [3.63, 3.8) is 0 Å². The molecule has 1 spiro atoms. The Balaban J connectivity index is 2.09. The summed E-state index contributed by atoms with van der Waals surface area (Å²) in [7, 11) is 3.57. The number of likely N-dealkylation sites (N-methyl/N-ethyl adjacent to an activating group) is 1. The van der Waals surface area contributed by atoms with Crippen LogP contribution in [0.15, 0.2) is 24.0 Å². The van der Waals surface area contributed by atoms with Gasteiger partial charge in [-0.3, -0.25) is 4.79 Å². The minimum Gasteiger partial charge on any atom is -0.469 e. The first-order valence-electron chi connectivity index (χ1n) is 9.54. The molecule has 6 heteroatoms. The number of carbonyl (C=O) groups is 1. The smallest absolute Gasteiger partial charge is 0.258 e. The Hall–Kier alpha value is -1.89. The van der Waals surface area contributed by atoms with Crippen LogP contribution in [-0.4, -0.2) is 62.1 Å². The van der Waals surface area contributed by atoms with E-state index in [-0.39, 0.29) is 12.7 Å². The highest BCUT2D eigenvalue weighted by atomic mass is 16.7. The summed E-state index contributed by atoms with van der Waals surface area (Å²) in [6.07, 6.45) is 1.53. The maximum atomic E-state index is 13.3. The van der Waals surface area contributed by atoms with Gasteiger partial charge >= 0.3 is 0 Å². The molecule has 0 bridgehead atoms. The van der Waals surface area contributed by atoms with Crippen LogP contribution >= 0.6 is 0 Å². The summed E-state index contributed by atoms with van der Waals surface area (Å²) in [6.45, 7) is 8.22. The van der Waals surface area contributed by atoms with Crippen molar-refractivity contribution >= 4 is 11.5 Å². The number of ether oxygens (including phenoxy) is 2. The van der Waals surface area contributed by atoms with E-state index < -0.39 is 5.54 Å². The lowest BCUT2D eigenvalue weighted by atomic mass is 9.84. The van der Waals surface area contributed by atoms with Crippen LogP contribution in [0.25, 0.3) is 5.57 Å². The van der Waals surface area contributed by atoms with Crippen molar-refractivity contribution in [3.8, 4) is 0 Å². The molecule has 148 valence electrons. The Morgan fingerprint density at radius 3 is 2.52 bits per heavy atom. The Morgan fingerprint density at radius 1 is 1.19 bits per heavy atom. The second-order valence-electron chi connectivity index (χ2n) is 7.28. The van der Waals surface area contributed by atoms with Crippen molar-refractivity contribution in [1.29, 1.82) is 0 Å². The molecule has 1 amide bonds. The summed E-state index contributed by atoms with van der Waals surface area (Å²) < 4.78 is 11.6. The molecule has 0 aliphatic carbocycles. The van der Waals surface area contributed by atoms with Crippen molar-refractivity contribution in [2.45, 2.75) is 39.2 Å². The van der Waals surface area contributed by atoms with Gasteiger partial charge in [0, 0.05) is 26.7 Å². The molecule has 1 aromatic rings. The lowest BCUT2D eigenvalue weighted by Gasteiger charge is -2.43. The Morgan fingerprint density at radius 2 is 1.89 bits per heavy atom. The van der Waals surface area contributed by atoms with Gasteiger partial charge in [0.15, 0.2) is 6.79 Å².